The van der Waals surface area contributed by atoms with Gasteiger partial charge in [0, 0.05) is 31.4 Å². The second-order valence-electron chi connectivity index (χ2n) is 3.99. The van der Waals surface area contributed by atoms with E-state index in [0.717, 1.165) is 12.2 Å². The summed E-state index contributed by atoms with van der Waals surface area (Å²) in [5.74, 6) is 0. The highest BCUT2D eigenvalue weighted by molar-refractivity contribution is 7.89. The number of hydrogen-bond acceptors (Lipinski definition) is 4. The fourth-order valence-electron chi connectivity index (χ4n) is 1.53. The average Bonchev–Trinajstić information content (AvgIpc) is 2.69. The quantitative estimate of drug-likeness (QED) is 0.714. The van der Waals surface area contributed by atoms with Gasteiger partial charge in [0.25, 0.3) is 10.0 Å². The van der Waals surface area contributed by atoms with E-state index in [1.54, 1.807) is 6.08 Å². The maximum atomic E-state index is 12.3. The van der Waals surface area contributed by atoms with Gasteiger partial charge in [-0.1, -0.05) is 13.0 Å². The Morgan fingerprint density at radius 2 is 2.22 bits per heavy atom. The standard InChI is InChI=1S/C11H20N4O2S/c1-5-7-15(4)18(16,17)11-10(8-12-6-2)9(3)13-14-11/h5,12H,1,6-8H2,2-4H3,(H,13,14). The smallest absolute Gasteiger partial charge is 0.262 e. The van der Waals surface area contributed by atoms with Crippen molar-refractivity contribution < 1.29 is 8.42 Å². The highest BCUT2D eigenvalue weighted by atomic mass is 32.2. The van der Waals surface area contributed by atoms with Crippen LogP contribution in [0.1, 0.15) is 18.2 Å². The lowest BCUT2D eigenvalue weighted by Crippen LogP contribution is -2.28. The second kappa shape index (κ2) is 6.12. The SMILES string of the molecule is C=CCN(C)S(=O)(=O)c1n[nH]c(C)c1CNCC. The van der Waals surface area contributed by atoms with Gasteiger partial charge >= 0.3 is 0 Å². The average molecular weight is 272 g/mol. The van der Waals surface area contributed by atoms with Gasteiger partial charge in [-0.15, -0.1) is 6.58 Å². The van der Waals surface area contributed by atoms with E-state index in [-0.39, 0.29) is 11.6 Å². The Labute approximate surface area is 108 Å². The van der Waals surface area contributed by atoms with E-state index in [2.05, 4.69) is 22.1 Å². The Hall–Kier alpha value is -1.18. The van der Waals surface area contributed by atoms with Gasteiger partial charge in [0.15, 0.2) is 5.03 Å². The third-order valence-corrected chi connectivity index (χ3v) is 4.42. The molecule has 1 rings (SSSR count). The Balaban J connectivity index is 3.12. The summed E-state index contributed by atoms with van der Waals surface area (Å²) < 4.78 is 25.8. The zero-order valence-electron chi connectivity index (χ0n) is 11.0. The van der Waals surface area contributed by atoms with Crippen molar-refractivity contribution in [3.63, 3.8) is 0 Å². The van der Waals surface area contributed by atoms with E-state index >= 15 is 0 Å². The van der Waals surface area contributed by atoms with E-state index in [1.807, 2.05) is 13.8 Å². The summed E-state index contributed by atoms with van der Waals surface area (Å²) in [5, 5.41) is 9.84. The number of aromatic amines is 1. The predicted molar refractivity (Wildman–Crippen MR) is 70.7 cm³/mol. The van der Waals surface area contributed by atoms with Crippen LogP contribution >= 0.6 is 0 Å². The zero-order valence-corrected chi connectivity index (χ0v) is 11.8. The Morgan fingerprint density at radius 3 is 2.78 bits per heavy atom. The molecule has 0 saturated carbocycles. The number of aryl methyl sites for hydroxylation is 1. The fraction of sp³-hybridized carbons (Fsp3) is 0.545. The van der Waals surface area contributed by atoms with Crippen molar-refractivity contribution in [3.05, 3.63) is 23.9 Å². The second-order valence-corrected chi connectivity index (χ2v) is 5.95. The highest BCUT2D eigenvalue weighted by Gasteiger charge is 2.27. The molecule has 0 aliphatic heterocycles. The fourth-order valence-corrected chi connectivity index (χ4v) is 2.82. The minimum absolute atomic E-state index is 0.0882. The Bertz CT molecular complexity index is 507. The van der Waals surface area contributed by atoms with Crippen molar-refractivity contribution in [2.75, 3.05) is 20.1 Å². The molecule has 0 atom stereocenters. The minimum Gasteiger partial charge on any atom is -0.313 e. The number of rotatable bonds is 7. The van der Waals surface area contributed by atoms with Crippen LogP contribution in [0, 0.1) is 6.92 Å². The molecule has 0 amide bonds. The molecular weight excluding hydrogens is 252 g/mol. The molecule has 0 aliphatic carbocycles. The number of hydrogen-bond donors (Lipinski definition) is 2. The molecule has 1 aromatic heterocycles. The molecular formula is C11H20N4O2S. The van der Waals surface area contributed by atoms with Crippen LogP contribution in [0.15, 0.2) is 17.7 Å². The minimum atomic E-state index is -3.56. The third kappa shape index (κ3) is 2.98. The van der Waals surface area contributed by atoms with E-state index in [0.29, 0.717) is 12.1 Å². The summed E-state index contributed by atoms with van der Waals surface area (Å²) in [6, 6.07) is 0. The van der Waals surface area contributed by atoms with Gasteiger partial charge in [0.1, 0.15) is 0 Å². The van der Waals surface area contributed by atoms with Crippen LogP contribution < -0.4 is 5.32 Å². The lowest BCUT2D eigenvalue weighted by atomic mass is 10.2. The van der Waals surface area contributed by atoms with Crippen molar-refractivity contribution in [3.8, 4) is 0 Å². The molecule has 0 saturated heterocycles. The van der Waals surface area contributed by atoms with E-state index in [1.165, 1.54) is 11.4 Å². The van der Waals surface area contributed by atoms with Gasteiger partial charge in [-0.2, -0.15) is 9.40 Å². The molecule has 7 heteroatoms. The van der Waals surface area contributed by atoms with Gasteiger partial charge in [0.2, 0.25) is 0 Å². The summed E-state index contributed by atoms with van der Waals surface area (Å²) >= 11 is 0. The Morgan fingerprint density at radius 1 is 1.56 bits per heavy atom. The lowest BCUT2D eigenvalue weighted by molar-refractivity contribution is 0.494. The van der Waals surface area contributed by atoms with Crippen molar-refractivity contribution in [1.29, 1.82) is 0 Å². The van der Waals surface area contributed by atoms with Gasteiger partial charge in [-0.3, -0.25) is 5.10 Å². The third-order valence-electron chi connectivity index (χ3n) is 2.63. The number of nitrogens with zero attached hydrogens (tertiary/aromatic N) is 2. The van der Waals surface area contributed by atoms with Gasteiger partial charge in [-0.25, -0.2) is 8.42 Å². The number of H-pyrrole nitrogens is 1. The van der Waals surface area contributed by atoms with Crippen LogP contribution in [0.5, 0.6) is 0 Å². The molecule has 6 nitrogen and oxygen atoms in total. The largest absolute Gasteiger partial charge is 0.313 e. The summed E-state index contributed by atoms with van der Waals surface area (Å²) in [4.78, 5) is 0. The normalized spacial score (nSPS) is 12.0. The van der Waals surface area contributed by atoms with Crippen molar-refractivity contribution in [2.45, 2.75) is 25.4 Å². The number of aromatic nitrogens is 2. The topological polar surface area (TPSA) is 78.1 Å². The van der Waals surface area contributed by atoms with Gasteiger partial charge in [0.05, 0.1) is 0 Å². The molecule has 0 radical (unpaired) electrons. The molecule has 1 heterocycles. The maximum Gasteiger partial charge on any atom is 0.262 e. The summed E-state index contributed by atoms with van der Waals surface area (Å²) in [5.41, 5.74) is 1.45. The molecule has 0 unspecified atom stereocenters. The summed E-state index contributed by atoms with van der Waals surface area (Å²) in [6.07, 6.45) is 1.54. The first-order valence-corrected chi connectivity index (χ1v) is 7.21. The molecule has 1 aromatic rings. The summed E-state index contributed by atoms with van der Waals surface area (Å²) in [6.45, 7) is 8.83. The molecule has 0 spiro atoms. The first-order valence-electron chi connectivity index (χ1n) is 5.76. The molecule has 102 valence electrons. The molecule has 2 N–H and O–H groups in total. The van der Waals surface area contributed by atoms with Crippen LogP contribution in [-0.2, 0) is 16.6 Å². The molecule has 0 fully saturated rings. The molecule has 0 aromatic carbocycles. The van der Waals surface area contributed by atoms with Crippen LogP contribution in [-0.4, -0.2) is 43.1 Å². The monoisotopic (exact) mass is 272 g/mol. The first kappa shape index (κ1) is 14.9. The van der Waals surface area contributed by atoms with Crippen molar-refractivity contribution in [1.82, 2.24) is 19.8 Å². The van der Waals surface area contributed by atoms with Crippen LogP contribution in [0.2, 0.25) is 0 Å². The number of sulfonamides is 1. The molecule has 0 aliphatic rings. The van der Waals surface area contributed by atoms with Crippen LogP contribution in [0.3, 0.4) is 0 Å². The Kier molecular flexibility index (Phi) is 5.06. The van der Waals surface area contributed by atoms with Crippen LogP contribution in [0.4, 0.5) is 0 Å². The van der Waals surface area contributed by atoms with Crippen LogP contribution in [0.25, 0.3) is 0 Å². The van der Waals surface area contributed by atoms with Crippen molar-refractivity contribution in [2.24, 2.45) is 0 Å². The number of likely N-dealkylation sites (N-methyl/N-ethyl adjacent to an activating group) is 1. The van der Waals surface area contributed by atoms with E-state index < -0.39 is 10.0 Å². The highest BCUT2D eigenvalue weighted by Crippen LogP contribution is 2.19. The van der Waals surface area contributed by atoms with Gasteiger partial charge in [-0.05, 0) is 13.5 Å². The molecule has 0 bridgehead atoms. The first-order chi connectivity index (χ1) is 8.45. The summed E-state index contributed by atoms with van der Waals surface area (Å²) in [7, 11) is -2.05. The van der Waals surface area contributed by atoms with Gasteiger partial charge < -0.3 is 5.32 Å². The lowest BCUT2D eigenvalue weighted by Gasteiger charge is -2.14. The van der Waals surface area contributed by atoms with Crippen molar-refractivity contribution >= 4 is 10.0 Å². The zero-order chi connectivity index (χ0) is 13.8. The number of nitrogens with one attached hydrogen (secondary N) is 2. The predicted octanol–water partition coefficient (Wildman–Crippen LogP) is 0.634. The maximum absolute atomic E-state index is 12.3. The van der Waals surface area contributed by atoms with E-state index in [4.69, 9.17) is 0 Å². The van der Waals surface area contributed by atoms with E-state index in [9.17, 15) is 8.42 Å². The molecule has 18 heavy (non-hydrogen) atoms.